The van der Waals surface area contributed by atoms with Crippen LogP contribution in [0.25, 0.3) is 11.0 Å². The fourth-order valence-corrected chi connectivity index (χ4v) is 3.74. The van der Waals surface area contributed by atoms with Crippen molar-refractivity contribution in [2.24, 2.45) is 7.05 Å². The van der Waals surface area contributed by atoms with Crippen molar-refractivity contribution in [1.82, 2.24) is 24.6 Å². The van der Waals surface area contributed by atoms with Gasteiger partial charge in [-0.1, -0.05) is 0 Å². The van der Waals surface area contributed by atoms with Crippen LogP contribution < -0.4 is 14.8 Å². The van der Waals surface area contributed by atoms with E-state index in [1.165, 1.54) is 5.56 Å². The van der Waals surface area contributed by atoms with Gasteiger partial charge in [-0.2, -0.15) is 5.10 Å². The van der Waals surface area contributed by atoms with Crippen LogP contribution in [0.3, 0.4) is 0 Å². The van der Waals surface area contributed by atoms with Gasteiger partial charge in [0, 0.05) is 38.8 Å². The van der Waals surface area contributed by atoms with E-state index in [4.69, 9.17) is 9.47 Å². The van der Waals surface area contributed by atoms with E-state index >= 15 is 0 Å². The molecule has 1 aromatic carbocycles. The van der Waals surface area contributed by atoms with Crippen molar-refractivity contribution in [2.45, 2.75) is 25.9 Å². The highest BCUT2D eigenvalue weighted by Gasteiger charge is 2.24. The highest BCUT2D eigenvalue weighted by molar-refractivity contribution is 5.86. The second-order valence-electron chi connectivity index (χ2n) is 7.21. The van der Waals surface area contributed by atoms with Gasteiger partial charge in [0.2, 0.25) is 0 Å². The average Bonchev–Trinajstić information content (AvgIpc) is 3.28. The molecule has 3 heterocycles. The Hall–Kier alpha value is -2.87. The van der Waals surface area contributed by atoms with Gasteiger partial charge in [0.05, 0.1) is 25.8 Å². The molecular weight excluding hydrogens is 356 g/mol. The van der Waals surface area contributed by atoms with Crippen LogP contribution in [-0.4, -0.2) is 58.0 Å². The molecule has 28 heavy (non-hydrogen) atoms. The minimum absolute atomic E-state index is 0.338. The van der Waals surface area contributed by atoms with Crippen molar-refractivity contribution in [2.75, 3.05) is 32.6 Å². The van der Waals surface area contributed by atoms with E-state index in [0.29, 0.717) is 6.04 Å². The maximum atomic E-state index is 5.38. The van der Waals surface area contributed by atoms with E-state index in [1.54, 1.807) is 18.9 Å². The zero-order valence-corrected chi connectivity index (χ0v) is 16.8. The molecule has 0 amide bonds. The molecule has 4 rings (SSSR count). The second kappa shape index (κ2) is 7.63. The molecule has 1 unspecified atom stereocenters. The molecule has 1 fully saturated rings. The number of fused-ring (bicyclic) bond motifs is 1. The zero-order valence-electron chi connectivity index (χ0n) is 16.8. The first-order valence-corrected chi connectivity index (χ1v) is 9.43. The van der Waals surface area contributed by atoms with Crippen LogP contribution in [-0.2, 0) is 13.6 Å². The number of aryl methyl sites for hydroxylation is 2. The minimum atomic E-state index is 0.338. The summed E-state index contributed by atoms with van der Waals surface area (Å²) in [6.45, 7) is 4.74. The van der Waals surface area contributed by atoms with Gasteiger partial charge in [-0.3, -0.25) is 9.58 Å². The summed E-state index contributed by atoms with van der Waals surface area (Å²) in [5.74, 6) is 3.25. The first-order chi connectivity index (χ1) is 13.6. The monoisotopic (exact) mass is 382 g/mol. The van der Waals surface area contributed by atoms with Crippen LogP contribution in [0.2, 0.25) is 0 Å². The lowest BCUT2D eigenvalue weighted by atomic mass is 10.2. The van der Waals surface area contributed by atoms with Gasteiger partial charge in [-0.15, -0.1) is 0 Å². The highest BCUT2D eigenvalue weighted by Crippen LogP contribution is 2.26. The Morgan fingerprint density at radius 3 is 2.61 bits per heavy atom. The molecule has 0 radical (unpaired) electrons. The molecular formula is C20H26N6O2. The Kier molecular flexibility index (Phi) is 5.04. The first-order valence-electron chi connectivity index (χ1n) is 9.43. The molecule has 1 N–H and O–H groups in total. The van der Waals surface area contributed by atoms with Crippen LogP contribution >= 0.6 is 0 Å². The fourth-order valence-electron chi connectivity index (χ4n) is 3.74. The van der Waals surface area contributed by atoms with Crippen molar-refractivity contribution in [1.29, 1.82) is 0 Å². The van der Waals surface area contributed by atoms with Crippen molar-refractivity contribution in [3.05, 3.63) is 35.8 Å². The topological polar surface area (TPSA) is 77.3 Å². The molecule has 0 bridgehead atoms. The molecule has 1 saturated heterocycles. The number of ether oxygens (including phenoxy) is 2. The molecule has 2 aromatic heterocycles. The van der Waals surface area contributed by atoms with Gasteiger partial charge in [0.25, 0.3) is 0 Å². The number of rotatable bonds is 6. The summed E-state index contributed by atoms with van der Waals surface area (Å²) >= 11 is 0. The Balaban J connectivity index is 1.45. The summed E-state index contributed by atoms with van der Waals surface area (Å²) in [6.07, 6.45) is 2.89. The van der Waals surface area contributed by atoms with Crippen LogP contribution in [0, 0.1) is 6.92 Å². The summed E-state index contributed by atoms with van der Waals surface area (Å²) < 4.78 is 12.6. The molecule has 1 atom stereocenters. The molecule has 1 aliphatic heterocycles. The standard InChI is InChI=1S/C20H26N6O2/c1-13-22-19(18-10-21-25(2)20(18)23-13)24-15-5-6-26(12-15)11-14-7-16(27-3)9-17(8-14)28-4/h7-10,15H,5-6,11-12H2,1-4H3,(H,22,23,24). The number of nitrogens with zero attached hydrogens (tertiary/aromatic N) is 5. The summed E-state index contributed by atoms with van der Waals surface area (Å²) in [5, 5.41) is 8.88. The summed E-state index contributed by atoms with van der Waals surface area (Å²) in [6, 6.07) is 6.37. The summed E-state index contributed by atoms with van der Waals surface area (Å²) in [7, 11) is 5.26. The second-order valence-corrected chi connectivity index (χ2v) is 7.21. The van der Waals surface area contributed by atoms with Crippen LogP contribution in [0.15, 0.2) is 24.4 Å². The van der Waals surface area contributed by atoms with E-state index in [1.807, 2.05) is 26.2 Å². The third-order valence-electron chi connectivity index (χ3n) is 5.13. The number of anilines is 1. The maximum Gasteiger partial charge on any atom is 0.163 e. The van der Waals surface area contributed by atoms with Gasteiger partial charge in [-0.05, 0) is 31.0 Å². The van der Waals surface area contributed by atoms with Gasteiger partial charge in [0.1, 0.15) is 23.1 Å². The first kappa shape index (κ1) is 18.5. The van der Waals surface area contributed by atoms with Crippen molar-refractivity contribution < 1.29 is 9.47 Å². The lowest BCUT2D eigenvalue weighted by molar-refractivity contribution is 0.326. The third kappa shape index (κ3) is 3.73. The largest absolute Gasteiger partial charge is 0.497 e. The molecule has 0 saturated carbocycles. The number of benzene rings is 1. The van der Waals surface area contributed by atoms with Gasteiger partial charge in [0.15, 0.2) is 5.65 Å². The highest BCUT2D eigenvalue weighted by atomic mass is 16.5. The van der Waals surface area contributed by atoms with E-state index in [9.17, 15) is 0 Å². The van der Waals surface area contributed by atoms with Crippen molar-refractivity contribution >= 4 is 16.9 Å². The van der Waals surface area contributed by atoms with Crippen LogP contribution in [0.4, 0.5) is 5.82 Å². The van der Waals surface area contributed by atoms with E-state index in [-0.39, 0.29) is 0 Å². The smallest absolute Gasteiger partial charge is 0.163 e. The average molecular weight is 382 g/mol. The van der Waals surface area contributed by atoms with Gasteiger partial charge >= 0.3 is 0 Å². The van der Waals surface area contributed by atoms with Gasteiger partial charge in [-0.25, -0.2) is 9.97 Å². The molecule has 3 aromatic rings. The maximum absolute atomic E-state index is 5.38. The Morgan fingerprint density at radius 2 is 1.89 bits per heavy atom. The molecule has 0 aliphatic carbocycles. The van der Waals surface area contributed by atoms with Gasteiger partial charge < -0.3 is 14.8 Å². The molecule has 0 spiro atoms. The number of likely N-dealkylation sites (tertiary alicyclic amines) is 1. The lowest BCUT2D eigenvalue weighted by Gasteiger charge is -2.18. The summed E-state index contributed by atoms with van der Waals surface area (Å²) in [5.41, 5.74) is 2.04. The molecule has 8 nitrogen and oxygen atoms in total. The number of methoxy groups -OCH3 is 2. The van der Waals surface area contributed by atoms with E-state index < -0.39 is 0 Å². The lowest BCUT2D eigenvalue weighted by Crippen LogP contribution is -2.26. The molecule has 148 valence electrons. The summed E-state index contributed by atoms with van der Waals surface area (Å²) in [4.78, 5) is 11.5. The SMILES string of the molecule is COc1cc(CN2CCC(Nc3nc(C)nc4c3cnn4C)C2)cc(OC)c1. The zero-order chi connectivity index (χ0) is 19.7. The number of aromatic nitrogens is 4. The number of hydrogen-bond donors (Lipinski definition) is 1. The van der Waals surface area contributed by atoms with Crippen molar-refractivity contribution in [3.8, 4) is 11.5 Å². The molecule has 1 aliphatic rings. The third-order valence-corrected chi connectivity index (χ3v) is 5.13. The van der Waals surface area contributed by atoms with Crippen LogP contribution in [0.1, 0.15) is 17.8 Å². The van der Waals surface area contributed by atoms with E-state index in [0.717, 1.165) is 60.2 Å². The quantitative estimate of drug-likeness (QED) is 0.701. The van der Waals surface area contributed by atoms with Crippen molar-refractivity contribution in [3.63, 3.8) is 0 Å². The van der Waals surface area contributed by atoms with Crippen LogP contribution in [0.5, 0.6) is 11.5 Å². The predicted octanol–water partition coefficient (Wildman–Crippen LogP) is 2.38. The fraction of sp³-hybridized carbons (Fsp3) is 0.450. The number of nitrogens with one attached hydrogen (secondary N) is 1. The Bertz CT molecular complexity index is 964. The Labute approximate surface area is 164 Å². The predicted molar refractivity (Wildman–Crippen MR) is 108 cm³/mol. The Morgan fingerprint density at radius 1 is 1.14 bits per heavy atom. The van der Waals surface area contributed by atoms with E-state index in [2.05, 4.69) is 37.4 Å². The minimum Gasteiger partial charge on any atom is -0.497 e. The number of hydrogen-bond acceptors (Lipinski definition) is 7. The molecule has 8 heteroatoms. The normalized spacial score (nSPS) is 17.2.